The van der Waals surface area contributed by atoms with Crippen molar-refractivity contribution in [3.05, 3.63) is 219 Å². The Bertz CT molecular complexity index is 2600. The van der Waals surface area contributed by atoms with Gasteiger partial charge in [-0.15, -0.1) is 5.73 Å². The predicted molar refractivity (Wildman–Crippen MR) is 222 cm³/mol. The highest BCUT2D eigenvalue weighted by molar-refractivity contribution is 5.83. The number of benzene rings is 3. The van der Waals surface area contributed by atoms with E-state index < -0.39 is 0 Å². The molecule has 3 aromatic rings. The van der Waals surface area contributed by atoms with E-state index in [1.54, 1.807) is 0 Å². The van der Waals surface area contributed by atoms with Gasteiger partial charge in [-0.2, -0.15) is 0 Å². The molecule has 2 heteroatoms. The van der Waals surface area contributed by atoms with Crippen LogP contribution in [0.15, 0.2) is 197 Å². The molecule has 9 aliphatic rings. The number of hydrogen-bond acceptors (Lipinski definition) is 2. The SMILES string of the molecule is Cc1ccc(N(C2=CC34C=CC=CC3(C=C2)C4)C2=C3C(=C(N(C4=Cc5ccccc5C=C=C4)c4ccc(C)cc4)C45CC4C=CC=C25)C=CC2CC32)cc1. The monoisotopic (exact) mass is 694 g/mol. The number of aryl methyl sites for hydroxylation is 2. The molecule has 0 amide bonds. The van der Waals surface area contributed by atoms with Gasteiger partial charge in [0.15, 0.2) is 0 Å². The summed E-state index contributed by atoms with van der Waals surface area (Å²) in [6, 6.07) is 27.2. The fourth-order valence-corrected chi connectivity index (χ4v) is 10.7. The second-order valence-corrected chi connectivity index (χ2v) is 17.0. The molecular weight excluding hydrogens is 653 g/mol. The first kappa shape index (κ1) is 30.6. The van der Waals surface area contributed by atoms with Crippen LogP contribution in [0.2, 0.25) is 0 Å². The summed E-state index contributed by atoms with van der Waals surface area (Å²) in [6.45, 7) is 4.38. The fraction of sp³-hybridized carbons (Fsp3) is 0.212. The van der Waals surface area contributed by atoms with Gasteiger partial charge in [0.25, 0.3) is 0 Å². The molecule has 260 valence electrons. The zero-order valence-electron chi connectivity index (χ0n) is 30.8. The molecule has 3 aromatic carbocycles. The maximum absolute atomic E-state index is 3.59. The molecule has 0 heterocycles. The van der Waals surface area contributed by atoms with Gasteiger partial charge in [0.05, 0.1) is 11.4 Å². The van der Waals surface area contributed by atoms with Crippen LogP contribution in [0.5, 0.6) is 0 Å². The lowest BCUT2D eigenvalue weighted by atomic mass is 9.71. The van der Waals surface area contributed by atoms with Gasteiger partial charge in [-0.25, -0.2) is 0 Å². The summed E-state index contributed by atoms with van der Waals surface area (Å²) in [5, 5.41) is 0. The van der Waals surface area contributed by atoms with Crippen molar-refractivity contribution in [1.29, 1.82) is 0 Å². The van der Waals surface area contributed by atoms with Crippen LogP contribution in [0.3, 0.4) is 0 Å². The van der Waals surface area contributed by atoms with E-state index in [1.807, 2.05) is 0 Å². The molecule has 0 bridgehead atoms. The Morgan fingerprint density at radius 1 is 0.704 bits per heavy atom. The summed E-state index contributed by atoms with van der Waals surface area (Å²) in [4.78, 5) is 5.28. The normalized spacial score (nSPS) is 31.8. The third-order valence-electron chi connectivity index (χ3n) is 13.8. The van der Waals surface area contributed by atoms with E-state index in [0.717, 1.165) is 18.5 Å². The van der Waals surface area contributed by atoms with Crippen molar-refractivity contribution in [2.45, 2.75) is 33.1 Å². The second-order valence-electron chi connectivity index (χ2n) is 17.0. The van der Waals surface area contributed by atoms with Crippen LogP contribution in [0.4, 0.5) is 11.4 Å². The summed E-state index contributed by atoms with van der Waals surface area (Å²) >= 11 is 0. The molecule has 0 N–H and O–H groups in total. The highest BCUT2D eigenvalue weighted by Gasteiger charge is 2.67. The van der Waals surface area contributed by atoms with Gasteiger partial charge in [-0.1, -0.05) is 120 Å². The lowest BCUT2D eigenvalue weighted by molar-refractivity contribution is 0.620. The Labute approximate surface area is 318 Å². The third-order valence-corrected chi connectivity index (χ3v) is 13.8. The standard InChI is InChI=1S/C52H42N2/c1-34-15-20-40(21-16-34)53(43-25-28-50-26-5-6-27-51(50,32-43)33-50)48-46-14-8-12-39-31-52(39,46)49(44-24-19-38-30-45(38)47(44)48)54(41-22-17-35(2)18-23-41)42-13-7-11-36-9-3-4-10-37(36)29-42/h3-6,8-29,32,38-39,45H,30-31,33H2,1-2H3. The highest BCUT2D eigenvalue weighted by Crippen LogP contribution is 2.74. The van der Waals surface area contributed by atoms with Crippen molar-refractivity contribution in [3.63, 3.8) is 0 Å². The van der Waals surface area contributed by atoms with Crippen LogP contribution in [0.1, 0.15) is 41.5 Å². The Kier molecular flexibility index (Phi) is 6.04. The largest absolute Gasteiger partial charge is 0.312 e. The Balaban J connectivity index is 1.15. The van der Waals surface area contributed by atoms with Crippen LogP contribution in [0.25, 0.3) is 12.2 Å². The number of fused-ring (bicyclic) bond motifs is 4. The molecule has 0 aromatic heterocycles. The van der Waals surface area contributed by atoms with Crippen LogP contribution in [-0.4, -0.2) is 0 Å². The minimum absolute atomic E-state index is 0.0537. The average Bonchev–Trinajstić information content (AvgIpc) is 4.09. The van der Waals surface area contributed by atoms with Crippen molar-refractivity contribution < 1.29 is 0 Å². The predicted octanol–water partition coefficient (Wildman–Crippen LogP) is 12.0. The molecule has 1 spiro atoms. The molecule has 2 nitrogen and oxygen atoms in total. The van der Waals surface area contributed by atoms with Gasteiger partial charge in [0, 0.05) is 50.7 Å². The van der Waals surface area contributed by atoms with E-state index in [-0.39, 0.29) is 16.2 Å². The molecular formula is C52H42N2. The Hall–Kier alpha value is -5.82. The second kappa shape index (κ2) is 10.7. The van der Waals surface area contributed by atoms with E-state index in [0.29, 0.717) is 17.8 Å². The van der Waals surface area contributed by atoms with Crippen molar-refractivity contribution in [3.8, 4) is 0 Å². The quantitative estimate of drug-likeness (QED) is 0.237. The van der Waals surface area contributed by atoms with Crippen LogP contribution >= 0.6 is 0 Å². The van der Waals surface area contributed by atoms with Crippen molar-refractivity contribution >= 4 is 23.5 Å². The molecule has 54 heavy (non-hydrogen) atoms. The fourth-order valence-electron chi connectivity index (χ4n) is 10.7. The highest BCUT2D eigenvalue weighted by atomic mass is 15.2. The first-order valence-electron chi connectivity index (χ1n) is 19.8. The van der Waals surface area contributed by atoms with Gasteiger partial charge in [0.2, 0.25) is 0 Å². The molecule has 3 saturated carbocycles. The van der Waals surface area contributed by atoms with E-state index in [9.17, 15) is 0 Å². The molecule has 0 radical (unpaired) electrons. The zero-order chi connectivity index (χ0) is 35.8. The molecule has 6 atom stereocenters. The topological polar surface area (TPSA) is 6.48 Å². The van der Waals surface area contributed by atoms with Gasteiger partial charge in [-0.05, 0) is 122 Å². The van der Waals surface area contributed by atoms with E-state index >= 15 is 0 Å². The van der Waals surface area contributed by atoms with Gasteiger partial charge in [0.1, 0.15) is 0 Å². The first-order valence-corrected chi connectivity index (χ1v) is 19.8. The number of hydrogen-bond donors (Lipinski definition) is 0. The van der Waals surface area contributed by atoms with Crippen LogP contribution in [-0.2, 0) is 0 Å². The van der Waals surface area contributed by atoms with Crippen molar-refractivity contribution in [2.75, 3.05) is 9.80 Å². The van der Waals surface area contributed by atoms with E-state index in [2.05, 4.69) is 193 Å². The summed E-state index contributed by atoms with van der Waals surface area (Å²) < 4.78 is 0. The van der Waals surface area contributed by atoms with E-state index in [1.165, 1.54) is 73.9 Å². The average molecular weight is 695 g/mol. The maximum atomic E-state index is 3.59. The summed E-state index contributed by atoms with van der Waals surface area (Å²) in [5.74, 6) is 1.50. The minimum atomic E-state index is -0.166. The van der Waals surface area contributed by atoms with Gasteiger partial charge < -0.3 is 9.80 Å². The number of rotatable bonds is 6. The lowest BCUT2D eigenvalue weighted by Crippen LogP contribution is -2.39. The summed E-state index contributed by atoms with van der Waals surface area (Å²) in [5.41, 5.74) is 20.7. The number of nitrogens with zero attached hydrogens (tertiary/aromatic N) is 2. The van der Waals surface area contributed by atoms with Crippen LogP contribution < -0.4 is 9.80 Å². The third kappa shape index (κ3) is 4.18. The molecule has 3 fully saturated rings. The summed E-state index contributed by atoms with van der Waals surface area (Å²) in [7, 11) is 0. The number of allylic oxidation sites excluding steroid dienone is 17. The van der Waals surface area contributed by atoms with Gasteiger partial charge in [-0.3, -0.25) is 0 Å². The molecule has 0 aliphatic heterocycles. The Morgan fingerprint density at radius 3 is 2.24 bits per heavy atom. The smallest absolute Gasteiger partial charge is 0.0545 e. The molecule has 0 saturated heterocycles. The van der Waals surface area contributed by atoms with E-state index in [4.69, 9.17) is 0 Å². The molecule has 12 rings (SSSR count). The molecule has 9 aliphatic carbocycles. The van der Waals surface area contributed by atoms with Gasteiger partial charge >= 0.3 is 0 Å². The number of anilines is 2. The minimum Gasteiger partial charge on any atom is -0.312 e. The van der Waals surface area contributed by atoms with Crippen molar-refractivity contribution in [2.24, 2.45) is 34.0 Å². The molecule has 6 unspecified atom stereocenters. The Morgan fingerprint density at radius 2 is 1.44 bits per heavy atom. The first-order chi connectivity index (χ1) is 26.5. The lowest BCUT2D eigenvalue weighted by Gasteiger charge is -2.46. The van der Waals surface area contributed by atoms with Crippen molar-refractivity contribution in [1.82, 2.24) is 0 Å². The zero-order valence-corrected chi connectivity index (χ0v) is 30.8. The maximum Gasteiger partial charge on any atom is 0.0545 e. The van der Waals surface area contributed by atoms with Crippen LogP contribution in [0, 0.1) is 47.8 Å². The summed E-state index contributed by atoms with van der Waals surface area (Å²) in [6.07, 6.45) is 39.4.